The zero-order valence-corrected chi connectivity index (χ0v) is 15.9. The highest BCUT2D eigenvalue weighted by molar-refractivity contribution is 6.35. The van der Waals surface area contributed by atoms with Gasteiger partial charge in [0, 0.05) is 17.8 Å². The van der Waals surface area contributed by atoms with Crippen LogP contribution in [0, 0.1) is 11.6 Å². The van der Waals surface area contributed by atoms with Crippen molar-refractivity contribution in [2.75, 3.05) is 5.32 Å². The highest BCUT2D eigenvalue weighted by Crippen LogP contribution is 2.40. The lowest BCUT2D eigenvalue weighted by molar-refractivity contribution is 0.208. The topological polar surface area (TPSA) is 62.3 Å². The number of aliphatic imine (C=N–C) groups is 1. The van der Waals surface area contributed by atoms with Gasteiger partial charge in [-0.2, -0.15) is 5.10 Å². The number of benzene rings is 2. The summed E-state index contributed by atoms with van der Waals surface area (Å²) < 4.78 is 34.8. The summed E-state index contributed by atoms with van der Waals surface area (Å²) >= 11 is 6.22. The summed E-state index contributed by atoms with van der Waals surface area (Å²) in [6.07, 6.45) is 2.13. The summed E-state index contributed by atoms with van der Waals surface area (Å²) in [5.41, 5.74) is 1.98. The number of anilines is 1. The third-order valence-corrected chi connectivity index (χ3v) is 4.85. The average Bonchev–Trinajstić information content (AvgIpc) is 3.06. The number of hydrogen-bond acceptors (Lipinski definition) is 4. The van der Waals surface area contributed by atoms with E-state index < -0.39 is 11.6 Å². The average molecular weight is 403 g/mol. The molecule has 1 unspecified atom stereocenters. The minimum Gasteiger partial charge on any atom is -0.488 e. The van der Waals surface area contributed by atoms with Crippen LogP contribution in [0.5, 0.6) is 5.75 Å². The van der Waals surface area contributed by atoms with Gasteiger partial charge in [0.1, 0.15) is 23.0 Å². The Labute approximate surface area is 165 Å². The molecule has 28 heavy (non-hydrogen) atoms. The van der Waals surface area contributed by atoms with Gasteiger partial charge in [0.25, 0.3) is 0 Å². The van der Waals surface area contributed by atoms with Crippen LogP contribution in [-0.2, 0) is 0 Å². The highest BCUT2D eigenvalue weighted by atomic mass is 35.5. The second-order valence-corrected chi connectivity index (χ2v) is 6.87. The normalized spacial score (nSPS) is 13.7. The molecule has 1 aromatic heterocycles. The molecule has 2 heterocycles. The number of hydrogen-bond donors (Lipinski definition) is 2. The summed E-state index contributed by atoms with van der Waals surface area (Å²) in [5.74, 6) is -0.739. The Morgan fingerprint density at radius 1 is 1.21 bits per heavy atom. The standard InChI is InChI=1S/C20H17ClF2N4O/c1-3-10(2)28-17-8-15-11(7-14(17)23)19-16(9-24-27-19)26-20(25-15)18-12(21)5-4-6-13(18)22/h4-10H,3H2,1-2H3,(H,24,27)(H,25,26). The van der Waals surface area contributed by atoms with E-state index >= 15 is 0 Å². The molecule has 0 saturated carbocycles. The third kappa shape index (κ3) is 3.22. The monoisotopic (exact) mass is 402 g/mol. The van der Waals surface area contributed by atoms with Gasteiger partial charge in [0.15, 0.2) is 11.6 Å². The van der Waals surface area contributed by atoms with E-state index in [4.69, 9.17) is 16.3 Å². The number of nitrogens with one attached hydrogen (secondary N) is 2. The first kappa shape index (κ1) is 18.4. The van der Waals surface area contributed by atoms with Crippen LogP contribution in [0.25, 0.3) is 11.3 Å². The molecular formula is C20H17ClF2N4O. The largest absolute Gasteiger partial charge is 0.488 e. The van der Waals surface area contributed by atoms with Crippen LogP contribution in [0.1, 0.15) is 25.8 Å². The third-order valence-electron chi connectivity index (χ3n) is 4.54. The van der Waals surface area contributed by atoms with Crippen molar-refractivity contribution in [3.05, 3.63) is 58.7 Å². The molecule has 0 fully saturated rings. The lowest BCUT2D eigenvalue weighted by atomic mass is 10.1. The van der Waals surface area contributed by atoms with E-state index in [0.717, 1.165) is 6.42 Å². The second kappa shape index (κ2) is 7.24. The zero-order chi connectivity index (χ0) is 19.8. The molecule has 1 aliphatic rings. The molecule has 8 heteroatoms. The Morgan fingerprint density at radius 2 is 2.04 bits per heavy atom. The van der Waals surface area contributed by atoms with E-state index in [1.807, 2.05) is 13.8 Å². The van der Waals surface area contributed by atoms with E-state index in [2.05, 4.69) is 20.5 Å². The van der Waals surface area contributed by atoms with E-state index in [9.17, 15) is 8.78 Å². The van der Waals surface area contributed by atoms with Gasteiger partial charge < -0.3 is 10.1 Å². The highest BCUT2D eigenvalue weighted by Gasteiger charge is 2.24. The number of rotatable bonds is 4. The van der Waals surface area contributed by atoms with Crippen molar-refractivity contribution in [3.63, 3.8) is 0 Å². The van der Waals surface area contributed by atoms with Crippen molar-refractivity contribution in [3.8, 4) is 17.0 Å². The number of ether oxygens (including phenoxy) is 1. The molecule has 0 spiro atoms. The van der Waals surface area contributed by atoms with Crippen molar-refractivity contribution >= 4 is 28.8 Å². The first-order valence-corrected chi connectivity index (χ1v) is 9.20. The van der Waals surface area contributed by atoms with Gasteiger partial charge >= 0.3 is 0 Å². The Balaban J connectivity index is 1.88. The van der Waals surface area contributed by atoms with Crippen LogP contribution in [0.2, 0.25) is 5.02 Å². The van der Waals surface area contributed by atoms with E-state index in [1.165, 1.54) is 24.3 Å². The minimum absolute atomic E-state index is 0.0959. The number of fused-ring (bicyclic) bond motifs is 3. The van der Waals surface area contributed by atoms with Crippen LogP contribution in [-0.4, -0.2) is 22.1 Å². The lowest BCUT2D eigenvalue weighted by Gasteiger charge is -2.17. The SMILES string of the molecule is CCC(C)Oc1cc2c(cc1F)-c1n[nH]cc1N=C(c1c(F)cccc1Cl)N2. The van der Waals surface area contributed by atoms with E-state index in [1.54, 1.807) is 12.3 Å². The molecule has 0 aliphatic carbocycles. The number of aromatic nitrogens is 2. The molecule has 3 aromatic rings. The first-order chi connectivity index (χ1) is 13.5. The number of H-pyrrole nitrogens is 1. The summed E-state index contributed by atoms with van der Waals surface area (Å²) in [4.78, 5) is 4.47. The van der Waals surface area contributed by atoms with Gasteiger partial charge in [-0.1, -0.05) is 24.6 Å². The van der Waals surface area contributed by atoms with E-state index in [-0.39, 0.29) is 28.3 Å². The summed E-state index contributed by atoms with van der Waals surface area (Å²) in [6, 6.07) is 7.26. The van der Waals surface area contributed by atoms with Gasteiger partial charge in [-0.25, -0.2) is 13.8 Å². The molecule has 0 saturated heterocycles. The van der Waals surface area contributed by atoms with E-state index in [0.29, 0.717) is 22.6 Å². The first-order valence-electron chi connectivity index (χ1n) is 8.82. The molecule has 0 amide bonds. The molecule has 2 aromatic carbocycles. The molecule has 0 bridgehead atoms. The molecule has 2 N–H and O–H groups in total. The Hall–Kier alpha value is -2.93. The fourth-order valence-corrected chi connectivity index (χ4v) is 3.18. The predicted molar refractivity (Wildman–Crippen MR) is 106 cm³/mol. The van der Waals surface area contributed by atoms with Crippen LogP contribution in [0.3, 0.4) is 0 Å². The summed E-state index contributed by atoms with van der Waals surface area (Å²) in [7, 11) is 0. The predicted octanol–water partition coefficient (Wildman–Crippen LogP) is 5.69. The lowest BCUT2D eigenvalue weighted by Crippen LogP contribution is -2.16. The number of amidine groups is 1. The quantitative estimate of drug-likeness (QED) is 0.589. The Bertz CT molecular complexity index is 1060. The van der Waals surface area contributed by atoms with Crippen molar-refractivity contribution in [2.24, 2.45) is 4.99 Å². The van der Waals surface area contributed by atoms with Crippen molar-refractivity contribution < 1.29 is 13.5 Å². The van der Waals surface area contributed by atoms with Gasteiger partial charge in [-0.05, 0) is 31.5 Å². The molecule has 144 valence electrons. The maximum Gasteiger partial charge on any atom is 0.165 e. The van der Waals surface area contributed by atoms with Crippen LogP contribution >= 0.6 is 11.6 Å². The van der Waals surface area contributed by atoms with Crippen LogP contribution in [0.4, 0.5) is 20.2 Å². The number of aromatic amines is 1. The fraction of sp³-hybridized carbons (Fsp3) is 0.200. The zero-order valence-electron chi connectivity index (χ0n) is 15.2. The smallest absolute Gasteiger partial charge is 0.165 e. The minimum atomic E-state index is -0.523. The fourth-order valence-electron chi connectivity index (χ4n) is 2.93. The maximum atomic E-state index is 14.6. The Kier molecular flexibility index (Phi) is 4.77. The van der Waals surface area contributed by atoms with Crippen molar-refractivity contribution in [1.29, 1.82) is 0 Å². The molecule has 4 rings (SSSR count). The maximum absolute atomic E-state index is 14.6. The van der Waals surface area contributed by atoms with Crippen molar-refractivity contribution in [1.82, 2.24) is 10.2 Å². The second-order valence-electron chi connectivity index (χ2n) is 6.47. The van der Waals surface area contributed by atoms with Gasteiger partial charge in [-0.15, -0.1) is 0 Å². The molecule has 1 aliphatic heterocycles. The molecular weight excluding hydrogens is 386 g/mol. The molecule has 0 radical (unpaired) electrons. The number of halogens is 3. The van der Waals surface area contributed by atoms with Crippen LogP contribution in [0.15, 0.2) is 41.5 Å². The van der Waals surface area contributed by atoms with Crippen molar-refractivity contribution in [2.45, 2.75) is 26.4 Å². The van der Waals surface area contributed by atoms with Gasteiger partial charge in [-0.3, -0.25) is 5.10 Å². The number of nitrogens with zero attached hydrogens (tertiary/aromatic N) is 2. The van der Waals surface area contributed by atoms with Crippen LogP contribution < -0.4 is 10.1 Å². The molecule has 5 nitrogen and oxygen atoms in total. The summed E-state index contributed by atoms with van der Waals surface area (Å²) in [6.45, 7) is 3.81. The Morgan fingerprint density at radius 3 is 2.79 bits per heavy atom. The van der Waals surface area contributed by atoms with Gasteiger partial charge in [0.05, 0.1) is 22.4 Å². The molecule has 1 atom stereocenters. The van der Waals surface area contributed by atoms with Gasteiger partial charge in [0.2, 0.25) is 0 Å². The summed E-state index contributed by atoms with van der Waals surface area (Å²) in [5, 5.41) is 10.2.